The van der Waals surface area contributed by atoms with E-state index in [9.17, 15) is 0 Å². The largest absolute Gasteiger partial charge is 0.0619 e. The first-order valence-corrected chi connectivity index (χ1v) is 4.22. The fourth-order valence-corrected chi connectivity index (χ4v) is 3.91. The molecular weight excluding hydrogens is 108 g/mol. The highest BCUT2D eigenvalue weighted by Crippen LogP contribution is 2.96. The van der Waals surface area contributed by atoms with Gasteiger partial charge in [0.15, 0.2) is 0 Å². The van der Waals surface area contributed by atoms with E-state index in [4.69, 9.17) is 0 Å². The Kier molecular flexibility index (Phi) is 0.470. The van der Waals surface area contributed by atoms with Crippen LogP contribution in [0.15, 0.2) is 0 Å². The second-order valence-electron chi connectivity index (χ2n) is 4.67. The van der Waals surface area contributed by atoms with Crippen LogP contribution in [0.25, 0.3) is 0 Å². The van der Waals surface area contributed by atoms with E-state index in [2.05, 4.69) is 13.8 Å². The average Bonchev–Trinajstić information content (AvgIpc) is 2.46. The third kappa shape index (κ3) is 0.249. The minimum absolute atomic E-state index is 0.880. The maximum atomic E-state index is 2.49. The third-order valence-corrected chi connectivity index (χ3v) is 4.67. The van der Waals surface area contributed by atoms with E-state index >= 15 is 0 Å². The van der Waals surface area contributed by atoms with Gasteiger partial charge in [0.25, 0.3) is 0 Å². The van der Waals surface area contributed by atoms with Crippen molar-refractivity contribution in [2.75, 3.05) is 0 Å². The van der Waals surface area contributed by atoms with Crippen molar-refractivity contribution >= 4 is 0 Å². The molecule has 4 atom stereocenters. The van der Waals surface area contributed by atoms with Gasteiger partial charge in [-0.15, -0.1) is 0 Å². The van der Waals surface area contributed by atoms with Crippen LogP contribution in [0.1, 0.15) is 33.1 Å². The van der Waals surface area contributed by atoms with Gasteiger partial charge in [0.2, 0.25) is 0 Å². The molecule has 3 aliphatic carbocycles. The lowest BCUT2D eigenvalue weighted by Gasteiger charge is -2.03. The van der Waals surface area contributed by atoms with Gasteiger partial charge in [0, 0.05) is 0 Å². The first kappa shape index (κ1) is 4.76. The van der Waals surface area contributed by atoms with Gasteiger partial charge in [-0.1, -0.05) is 13.8 Å². The molecule has 0 amide bonds. The average molecular weight is 122 g/mol. The van der Waals surface area contributed by atoms with Gasteiger partial charge >= 0.3 is 0 Å². The molecule has 0 heteroatoms. The SMILES string of the molecule is C[C@@H]1CCC2C3(C)CC213. The predicted molar refractivity (Wildman–Crippen MR) is 37.0 cm³/mol. The van der Waals surface area contributed by atoms with Crippen LogP contribution in [0.5, 0.6) is 0 Å². The van der Waals surface area contributed by atoms with E-state index in [0.29, 0.717) is 0 Å². The molecule has 9 heavy (non-hydrogen) atoms. The zero-order chi connectivity index (χ0) is 6.28. The van der Waals surface area contributed by atoms with Crippen molar-refractivity contribution in [2.24, 2.45) is 22.7 Å². The maximum Gasteiger partial charge on any atom is -0.0176 e. The first-order chi connectivity index (χ1) is 4.22. The van der Waals surface area contributed by atoms with Crippen molar-refractivity contribution in [3.8, 4) is 0 Å². The normalized spacial score (nSPS) is 75.3. The smallest absolute Gasteiger partial charge is 0.0176 e. The predicted octanol–water partition coefficient (Wildman–Crippen LogP) is 2.44. The van der Waals surface area contributed by atoms with Gasteiger partial charge in [-0.3, -0.25) is 0 Å². The highest BCUT2D eigenvalue weighted by molar-refractivity contribution is 5.38. The van der Waals surface area contributed by atoms with Crippen LogP contribution >= 0.6 is 0 Å². The highest BCUT2D eigenvalue weighted by atomic mass is 14.9. The van der Waals surface area contributed by atoms with E-state index < -0.39 is 0 Å². The lowest BCUT2D eigenvalue weighted by Crippen LogP contribution is -1.97. The van der Waals surface area contributed by atoms with Crippen LogP contribution < -0.4 is 0 Å². The van der Waals surface area contributed by atoms with Gasteiger partial charge in [-0.25, -0.2) is 0 Å². The second-order valence-corrected chi connectivity index (χ2v) is 4.67. The maximum absolute atomic E-state index is 2.49. The van der Waals surface area contributed by atoms with Crippen molar-refractivity contribution in [1.29, 1.82) is 0 Å². The van der Waals surface area contributed by atoms with Crippen molar-refractivity contribution in [3.63, 3.8) is 0 Å². The monoisotopic (exact) mass is 122 g/mol. The number of fused-ring (bicyclic) bond motifs is 1. The number of hydrogen-bond donors (Lipinski definition) is 0. The van der Waals surface area contributed by atoms with Gasteiger partial charge in [0.05, 0.1) is 0 Å². The Morgan fingerprint density at radius 2 is 2.11 bits per heavy atom. The standard InChI is InChI=1S/C9H14/c1-6-3-4-7-8(2)5-9(6,7)8/h6-7H,3-5H2,1-2H3/t6-,7?,8?,9?/m1/s1. The summed E-state index contributed by atoms with van der Waals surface area (Å²) in [5, 5.41) is 0. The molecule has 0 N–H and O–H groups in total. The fraction of sp³-hybridized carbons (Fsp3) is 1.00. The molecule has 3 rings (SSSR count). The minimum atomic E-state index is 0.880. The zero-order valence-electron chi connectivity index (χ0n) is 6.28. The van der Waals surface area contributed by atoms with Crippen molar-refractivity contribution < 1.29 is 0 Å². The second kappa shape index (κ2) is 0.889. The summed E-state index contributed by atoms with van der Waals surface area (Å²) in [5.74, 6) is 2.26. The molecule has 50 valence electrons. The van der Waals surface area contributed by atoms with Crippen molar-refractivity contribution in [1.82, 2.24) is 0 Å². The van der Waals surface area contributed by atoms with Crippen LogP contribution in [0.4, 0.5) is 0 Å². The van der Waals surface area contributed by atoms with Crippen LogP contribution in [0.3, 0.4) is 0 Å². The highest BCUT2D eigenvalue weighted by Gasteiger charge is 2.90. The Morgan fingerprint density at radius 1 is 1.33 bits per heavy atom. The summed E-state index contributed by atoms with van der Waals surface area (Å²) >= 11 is 0. The molecule has 3 unspecified atom stereocenters. The Labute approximate surface area is 56.6 Å². The lowest BCUT2D eigenvalue weighted by molar-refractivity contribution is 0.451. The molecule has 3 saturated carbocycles. The number of hydrogen-bond acceptors (Lipinski definition) is 0. The molecule has 1 spiro atoms. The minimum Gasteiger partial charge on any atom is -0.0619 e. The zero-order valence-corrected chi connectivity index (χ0v) is 6.28. The summed E-state index contributed by atoms with van der Waals surface area (Å²) in [6.07, 6.45) is 4.66. The first-order valence-electron chi connectivity index (χ1n) is 4.22. The van der Waals surface area contributed by atoms with E-state index in [1.54, 1.807) is 12.8 Å². The Morgan fingerprint density at radius 3 is 2.33 bits per heavy atom. The van der Waals surface area contributed by atoms with Crippen molar-refractivity contribution in [2.45, 2.75) is 33.1 Å². The number of rotatable bonds is 0. The summed E-state index contributed by atoms with van der Waals surface area (Å²) in [7, 11) is 0. The summed E-state index contributed by atoms with van der Waals surface area (Å²) in [5.41, 5.74) is 1.80. The lowest BCUT2D eigenvalue weighted by atomic mass is 10.0. The van der Waals surface area contributed by atoms with Crippen molar-refractivity contribution in [3.05, 3.63) is 0 Å². The molecule has 0 nitrogen and oxygen atoms in total. The van der Waals surface area contributed by atoms with Gasteiger partial charge < -0.3 is 0 Å². The molecule has 0 aliphatic heterocycles. The summed E-state index contributed by atoms with van der Waals surface area (Å²) in [6.45, 7) is 4.95. The van der Waals surface area contributed by atoms with Gasteiger partial charge in [-0.05, 0) is 41.9 Å². The van der Waals surface area contributed by atoms with E-state index in [1.807, 2.05) is 0 Å². The topological polar surface area (TPSA) is 0 Å². The molecule has 0 heterocycles. The van der Waals surface area contributed by atoms with Crippen LogP contribution in [0, 0.1) is 22.7 Å². The summed E-state index contributed by atoms with van der Waals surface area (Å²) in [4.78, 5) is 0. The quantitative estimate of drug-likeness (QED) is 0.463. The van der Waals surface area contributed by atoms with Gasteiger partial charge in [-0.2, -0.15) is 0 Å². The Bertz CT molecular complexity index is 180. The van der Waals surface area contributed by atoms with E-state index in [0.717, 1.165) is 16.7 Å². The molecular formula is C9H14. The van der Waals surface area contributed by atoms with E-state index in [-0.39, 0.29) is 0 Å². The third-order valence-electron chi connectivity index (χ3n) is 4.67. The summed E-state index contributed by atoms with van der Waals surface area (Å²) in [6, 6.07) is 0. The molecule has 0 aromatic heterocycles. The van der Waals surface area contributed by atoms with E-state index in [1.165, 1.54) is 12.3 Å². The van der Waals surface area contributed by atoms with Crippen LogP contribution in [-0.2, 0) is 0 Å². The Balaban J connectivity index is 2.03. The molecule has 3 fully saturated rings. The molecule has 0 aromatic carbocycles. The molecule has 0 bridgehead atoms. The molecule has 0 aromatic rings. The Hall–Kier alpha value is 0. The molecule has 3 aliphatic rings. The molecule has 0 saturated heterocycles. The summed E-state index contributed by atoms with van der Waals surface area (Å²) < 4.78 is 0. The molecule has 0 radical (unpaired) electrons. The fourth-order valence-electron chi connectivity index (χ4n) is 3.91. The van der Waals surface area contributed by atoms with Crippen LogP contribution in [0.2, 0.25) is 0 Å². The van der Waals surface area contributed by atoms with Gasteiger partial charge in [0.1, 0.15) is 0 Å². The van der Waals surface area contributed by atoms with Crippen LogP contribution in [-0.4, -0.2) is 0 Å².